The van der Waals surface area contributed by atoms with Gasteiger partial charge in [0.2, 0.25) is 0 Å². The molecule has 3 nitrogen and oxygen atoms in total. The third-order valence-corrected chi connectivity index (χ3v) is 5.57. The lowest BCUT2D eigenvalue weighted by molar-refractivity contribution is -0.137. The van der Waals surface area contributed by atoms with Crippen LogP contribution in [0.1, 0.15) is 22.3 Å². The third kappa shape index (κ3) is 4.72. The number of nitrogens with one attached hydrogen (secondary N) is 1. The van der Waals surface area contributed by atoms with Crippen molar-refractivity contribution in [3.05, 3.63) is 91.9 Å². The van der Waals surface area contributed by atoms with Gasteiger partial charge in [-0.1, -0.05) is 53.0 Å². The van der Waals surface area contributed by atoms with Gasteiger partial charge in [-0.25, -0.2) is 0 Å². The van der Waals surface area contributed by atoms with Gasteiger partial charge in [-0.3, -0.25) is 4.79 Å². The number of ether oxygens (including phenoxy) is 1. The van der Waals surface area contributed by atoms with Crippen LogP contribution in [0.4, 0.5) is 18.9 Å². The van der Waals surface area contributed by atoms with E-state index in [4.69, 9.17) is 39.5 Å². The minimum atomic E-state index is -4.50. The molecule has 1 aliphatic heterocycles. The van der Waals surface area contributed by atoms with E-state index in [1.807, 2.05) is 12.1 Å². The molecule has 0 radical (unpaired) electrons. The van der Waals surface area contributed by atoms with Gasteiger partial charge < -0.3 is 10.1 Å². The molecule has 3 aromatic rings. The Kier molecular flexibility index (Phi) is 6.12. The van der Waals surface area contributed by atoms with Gasteiger partial charge in [-0.05, 0) is 53.6 Å². The van der Waals surface area contributed by atoms with Crippen LogP contribution in [-0.4, -0.2) is 5.91 Å². The van der Waals surface area contributed by atoms with Crippen LogP contribution < -0.4 is 10.1 Å². The number of anilines is 1. The quantitative estimate of drug-likeness (QED) is 0.374. The van der Waals surface area contributed by atoms with Crippen molar-refractivity contribution in [3.8, 4) is 5.75 Å². The van der Waals surface area contributed by atoms with Crippen molar-refractivity contribution in [3.63, 3.8) is 0 Å². The number of amides is 1. The Morgan fingerprint density at radius 1 is 0.938 bits per heavy atom. The van der Waals surface area contributed by atoms with Crippen molar-refractivity contribution in [1.82, 2.24) is 0 Å². The Balaban J connectivity index is 1.60. The average molecular weight is 499 g/mol. The molecule has 1 aliphatic rings. The molecular weight excluding hydrogens is 486 g/mol. The Morgan fingerprint density at radius 2 is 1.59 bits per heavy atom. The zero-order valence-corrected chi connectivity index (χ0v) is 18.3. The first-order chi connectivity index (χ1) is 15.1. The molecule has 0 spiro atoms. The molecule has 0 saturated carbocycles. The molecule has 4 rings (SSSR count). The highest BCUT2D eigenvalue weighted by Gasteiger charge is 2.33. The summed E-state index contributed by atoms with van der Waals surface area (Å²) < 4.78 is 44.5. The summed E-state index contributed by atoms with van der Waals surface area (Å²) >= 11 is 18.5. The van der Waals surface area contributed by atoms with Crippen LogP contribution in [0, 0.1) is 0 Å². The number of benzene rings is 3. The number of hydrogen-bond donors (Lipinski definition) is 1. The summed E-state index contributed by atoms with van der Waals surface area (Å²) in [5.74, 6) is -0.244. The summed E-state index contributed by atoms with van der Waals surface area (Å²) in [6.45, 7) is 0.217. The molecule has 0 atom stereocenters. The second kappa shape index (κ2) is 8.70. The maximum absolute atomic E-state index is 12.9. The fourth-order valence-corrected chi connectivity index (χ4v) is 3.96. The van der Waals surface area contributed by atoms with Crippen molar-refractivity contribution in [2.75, 3.05) is 5.32 Å². The lowest BCUT2D eigenvalue weighted by atomic mass is 10.0. The second-order valence-corrected chi connectivity index (χ2v) is 8.25. The van der Waals surface area contributed by atoms with E-state index in [0.717, 1.165) is 17.7 Å². The summed E-state index contributed by atoms with van der Waals surface area (Å²) in [5, 5.41) is 3.51. The van der Waals surface area contributed by atoms with Gasteiger partial charge in [-0.15, -0.1) is 0 Å². The number of carbonyl (C=O) groups excluding carboxylic acids is 1. The first-order valence-electron chi connectivity index (χ1n) is 9.23. The van der Waals surface area contributed by atoms with Gasteiger partial charge in [0.25, 0.3) is 5.91 Å². The highest BCUT2D eigenvalue weighted by molar-refractivity contribution is 6.38. The van der Waals surface area contributed by atoms with E-state index in [2.05, 4.69) is 5.32 Å². The highest BCUT2D eigenvalue weighted by atomic mass is 35.5. The SMILES string of the molecule is O=C1Nc2cc(C(F)(F)F)ccc2/C1=C/c1cc(Cl)c(OCc2ccc(Cl)cc2)c(Cl)c1. The fraction of sp³-hybridized carbons (Fsp3) is 0.0870. The predicted molar refractivity (Wildman–Crippen MR) is 120 cm³/mol. The van der Waals surface area contributed by atoms with Crippen LogP contribution in [0.3, 0.4) is 0 Å². The molecule has 0 aromatic heterocycles. The van der Waals surface area contributed by atoms with E-state index >= 15 is 0 Å². The van der Waals surface area contributed by atoms with Gasteiger partial charge in [0.05, 0.1) is 15.6 Å². The first kappa shape index (κ1) is 22.5. The molecule has 0 fully saturated rings. The predicted octanol–water partition coefficient (Wildman–Crippen LogP) is 7.74. The molecule has 0 unspecified atom stereocenters. The minimum absolute atomic E-state index is 0.0937. The standard InChI is InChI=1S/C23H13Cl3F3NO2/c24-15-4-1-12(2-5-15)11-32-21-18(25)8-13(9-19(21)26)7-17-16-6-3-14(23(27,28)29)10-20(16)30-22(17)31/h1-10H,11H2,(H,30,31)/b17-7-. The summed E-state index contributed by atoms with van der Waals surface area (Å²) in [6.07, 6.45) is -3.00. The molecule has 1 amide bonds. The van der Waals surface area contributed by atoms with E-state index < -0.39 is 17.6 Å². The first-order valence-corrected chi connectivity index (χ1v) is 10.4. The molecule has 9 heteroatoms. The maximum atomic E-state index is 12.9. The topological polar surface area (TPSA) is 38.3 Å². The molecule has 0 saturated heterocycles. The summed E-state index contributed by atoms with van der Waals surface area (Å²) in [6, 6.07) is 13.3. The van der Waals surface area contributed by atoms with Crippen LogP contribution in [0.25, 0.3) is 11.6 Å². The summed E-state index contributed by atoms with van der Waals surface area (Å²) in [7, 11) is 0. The molecule has 164 valence electrons. The number of carbonyl (C=O) groups is 1. The van der Waals surface area contributed by atoms with Crippen LogP contribution in [0.2, 0.25) is 15.1 Å². The summed E-state index contributed by atoms with van der Waals surface area (Å²) in [5.41, 5.74) is 1.18. The molecule has 0 bridgehead atoms. The van der Waals surface area contributed by atoms with Crippen LogP contribution >= 0.6 is 34.8 Å². The summed E-state index contributed by atoms with van der Waals surface area (Å²) in [4.78, 5) is 12.4. The van der Waals surface area contributed by atoms with Crippen molar-refractivity contribution >= 4 is 58.0 Å². The van der Waals surface area contributed by atoms with Crippen molar-refractivity contribution < 1.29 is 22.7 Å². The number of fused-ring (bicyclic) bond motifs is 1. The number of halogens is 6. The van der Waals surface area contributed by atoms with E-state index in [1.54, 1.807) is 24.3 Å². The Labute approximate surface area is 196 Å². The third-order valence-electron chi connectivity index (χ3n) is 4.76. The molecule has 1 N–H and O–H groups in total. The lowest BCUT2D eigenvalue weighted by Crippen LogP contribution is -2.06. The second-order valence-electron chi connectivity index (χ2n) is 7.00. The highest BCUT2D eigenvalue weighted by Crippen LogP contribution is 2.40. The van der Waals surface area contributed by atoms with Crippen molar-refractivity contribution in [2.24, 2.45) is 0 Å². The van der Waals surface area contributed by atoms with Gasteiger partial charge in [0, 0.05) is 21.8 Å². The molecule has 32 heavy (non-hydrogen) atoms. The van der Waals surface area contributed by atoms with E-state index in [1.165, 1.54) is 12.1 Å². The average Bonchev–Trinajstić information content (AvgIpc) is 3.02. The monoisotopic (exact) mass is 497 g/mol. The Hall–Kier alpha value is -2.67. The lowest BCUT2D eigenvalue weighted by Gasteiger charge is -2.11. The molecule has 3 aromatic carbocycles. The zero-order chi connectivity index (χ0) is 23.0. The van der Waals surface area contributed by atoms with E-state index in [9.17, 15) is 18.0 Å². The Bertz CT molecular complexity index is 1220. The minimum Gasteiger partial charge on any atom is -0.486 e. The fourth-order valence-electron chi connectivity index (χ4n) is 3.22. The largest absolute Gasteiger partial charge is 0.486 e. The van der Waals surface area contributed by atoms with Crippen molar-refractivity contribution in [2.45, 2.75) is 12.8 Å². The Morgan fingerprint density at radius 3 is 2.22 bits per heavy atom. The smallest absolute Gasteiger partial charge is 0.416 e. The van der Waals surface area contributed by atoms with E-state index in [0.29, 0.717) is 16.1 Å². The van der Waals surface area contributed by atoms with Gasteiger partial charge in [0.15, 0.2) is 5.75 Å². The van der Waals surface area contributed by atoms with Gasteiger partial charge in [0.1, 0.15) is 6.61 Å². The van der Waals surface area contributed by atoms with E-state index in [-0.39, 0.29) is 33.7 Å². The maximum Gasteiger partial charge on any atom is 0.416 e. The number of rotatable bonds is 4. The number of hydrogen-bond acceptors (Lipinski definition) is 2. The van der Waals surface area contributed by atoms with Gasteiger partial charge in [-0.2, -0.15) is 13.2 Å². The van der Waals surface area contributed by atoms with Crippen LogP contribution in [0.15, 0.2) is 54.6 Å². The molecule has 1 heterocycles. The molecule has 0 aliphatic carbocycles. The molecular formula is C23H13Cl3F3NO2. The normalized spacial score (nSPS) is 14.4. The van der Waals surface area contributed by atoms with Gasteiger partial charge >= 0.3 is 6.18 Å². The zero-order valence-electron chi connectivity index (χ0n) is 16.1. The van der Waals surface area contributed by atoms with Crippen LogP contribution in [0.5, 0.6) is 5.75 Å². The van der Waals surface area contributed by atoms with Crippen molar-refractivity contribution in [1.29, 1.82) is 0 Å². The van der Waals surface area contributed by atoms with Crippen LogP contribution in [-0.2, 0) is 17.6 Å². The number of alkyl halides is 3.